The van der Waals surface area contributed by atoms with Crippen LogP contribution < -0.4 is 108 Å². The van der Waals surface area contributed by atoms with Crippen LogP contribution in [0.2, 0.25) is 0 Å². The number of Topliss-reactive ketones (excluding diaryl/α,β-unsaturated/α-hetero) is 1. The van der Waals surface area contributed by atoms with Crippen molar-refractivity contribution < 1.29 is 155 Å². The SMILES string of the molecule is O=C1c2c(O)cc(O)cc2O[C@H](c2ccc(O)c(O)c2)[C@H]1O.O=S(=O)([O-])[O-].[K+].[K+]. The summed E-state index contributed by atoms with van der Waals surface area (Å²) in [6.45, 7) is 0. The molecular formula is C15H12K2O11S. The van der Waals surface area contributed by atoms with Crippen LogP contribution in [0.3, 0.4) is 0 Å². The Morgan fingerprint density at radius 1 is 0.897 bits per heavy atom. The third-order valence-electron chi connectivity index (χ3n) is 3.45. The first-order valence-corrected chi connectivity index (χ1v) is 8.35. The molecule has 0 saturated heterocycles. The summed E-state index contributed by atoms with van der Waals surface area (Å²) in [5.74, 6) is -2.41. The van der Waals surface area contributed by atoms with Crippen molar-refractivity contribution in [3.05, 3.63) is 41.5 Å². The molecule has 3 rings (SSSR count). The number of carbonyl (C=O) groups excluding carboxylic acids is 1. The molecule has 0 aromatic heterocycles. The Kier molecular flexibility index (Phi) is 11.8. The topological polar surface area (TPSA) is 208 Å². The molecule has 2 aromatic rings. The van der Waals surface area contributed by atoms with Gasteiger partial charge in [0.15, 0.2) is 23.7 Å². The molecule has 1 aliphatic heterocycles. The first-order valence-electron chi connectivity index (χ1n) is 7.02. The molecule has 11 nitrogen and oxygen atoms in total. The van der Waals surface area contributed by atoms with Crippen molar-refractivity contribution in [3.63, 3.8) is 0 Å². The van der Waals surface area contributed by atoms with Crippen molar-refractivity contribution in [2.45, 2.75) is 12.2 Å². The van der Waals surface area contributed by atoms with Crippen LogP contribution >= 0.6 is 0 Å². The molecule has 0 unspecified atom stereocenters. The Hall–Kier alpha value is 0.213. The number of aromatic hydroxyl groups is 4. The monoisotopic (exact) mass is 478 g/mol. The average Bonchev–Trinajstić information content (AvgIpc) is 2.51. The molecule has 146 valence electrons. The summed E-state index contributed by atoms with van der Waals surface area (Å²) in [4.78, 5) is 12.2. The molecule has 0 spiro atoms. The molecule has 0 aliphatic carbocycles. The van der Waals surface area contributed by atoms with E-state index in [9.17, 15) is 30.3 Å². The van der Waals surface area contributed by atoms with E-state index in [4.69, 9.17) is 22.3 Å². The van der Waals surface area contributed by atoms with E-state index in [0.717, 1.165) is 18.2 Å². The van der Waals surface area contributed by atoms with Gasteiger partial charge in [-0.05, 0) is 17.7 Å². The number of aliphatic hydroxyl groups excluding tert-OH is 1. The molecule has 5 N–H and O–H groups in total. The summed E-state index contributed by atoms with van der Waals surface area (Å²) in [7, 11) is -5.17. The van der Waals surface area contributed by atoms with E-state index >= 15 is 0 Å². The van der Waals surface area contributed by atoms with Crippen LogP contribution in [0.15, 0.2) is 30.3 Å². The Bertz CT molecular complexity index is 986. The predicted molar refractivity (Wildman–Crippen MR) is 83.7 cm³/mol. The van der Waals surface area contributed by atoms with Crippen molar-refractivity contribution in [2.24, 2.45) is 0 Å². The van der Waals surface area contributed by atoms with E-state index in [2.05, 4.69) is 0 Å². The van der Waals surface area contributed by atoms with Gasteiger partial charge in [0.25, 0.3) is 0 Å². The molecule has 2 aromatic carbocycles. The zero-order valence-corrected chi connectivity index (χ0v) is 22.2. The number of aliphatic hydroxyl groups is 1. The fourth-order valence-corrected chi connectivity index (χ4v) is 2.38. The molecular weight excluding hydrogens is 466 g/mol. The third kappa shape index (κ3) is 8.00. The number of phenols is 4. The summed E-state index contributed by atoms with van der Waals surface area (Å²) in [6, 6.07) is 5.85. The second-order valence-corrected chi connectivity index (χ2v) is 6.16. The maximum atomic E-state index is 12.2. The van der Waals surface area contributed by atoms with E-state index in [1.165, 1.54) is 12.1 Å². The van der Waals surface area contributed by atoms with Crippen molar-refractivity contribution in [2.75, 3.05) is 0 Å². The van der Waals surface area contributed by atoms with Crippen LogP contribution in [0.5, 0.6) is 28.7 Å². The van der Waals surface area contributed by atoms with Gasteiger partial charge in [-0.15, -0.1) is 0 Å². The number of ether oxygens (including phenoxy) is 1. The van der Waals surface area contributed by atoms with E-state index in [1.807, 2.05) is 0 Å². The third-order valence-corrected chi connectivity index (χ3v) is 3.45. The molecule has 0 amide bonds. The van der Waals surface area contributed by atoms with E-state index in [1.54, 1.807) is 0 Å². The second kappa shape index (κ2) is 11.7. The first kappa shape index (κ1) is 29.2. The fraction of sp³-hybridized carbons (Fsp3) is 0.133. The van der Waals surface area contributed by atoms with Gasteiger partial charge in [0.2, 0.25) is 5.78 Å². The minimum atomic E-state index is -5.17. The van der Waals surface area contributed by atoms with Crippen molar-refractivity contribution >= 4 is 16.2 Å². The van der Waals surface area contributed by atoms with Crippen LogP contribution in [0, 0.1) is 0 Å². The summed E-state index contributed by atoms with van der Waals surface area (Å²) in [5.41, 5.74) is 0.0363. The summed E-state index contributed by atoms with van der Waals surface area (Å²) < 4.78 is 39.6. The molecule has 0 fully saturated rings. The van der Waals surface area contributed by atoms with E-state index in [-0.39, 0.29) is 131 Å². The maximum Gasteiger partial charge on any atom is 1.00 e. The Labute approximate surface area is 249 Å². The second-order valence-electron chi connectivity index (χ2n) is 5.34. The number of hydrogen-bond acceptors (Lipinski definition) is 11. The summed E-state index contributed by atoms with van der Waals surface area (Å²) in [6.07, 6.45) is -2.75. The van der Waals surface area contributed by atoms with E-state index in [0.29, 0.717) is 0 Å². The van der Waals surface area contributed by atoms with Gasteiger partial charge in [0.05, 0.1) is 0 Å². The van der Waals surface area contributed by atoms with Gasteiger partial charge in [-0.25, -0.2) is 0 Å². The Balaban J connectivity index is 0.00000101. The zero-order chi connectivity index (χ0) is 20.5. The predicted octanol–water partition coefficient (Wildman–Crippen LogP) is -6.14. The van der Waals surface area contributed by atoms with Crippen LogP contribution in [-0.4, -0.2) is 54.9 Å². The minimum Gasteiger partial charge on any atom is -0.759 e. The first-order chi connectivity index (χ1) is 12.4. The molecule has 1 heterocycles. The number of rotatable bonds is 1. The van der Waals surface area contributed by atoms with Crippen molar-refractivity contribution in [1.82, 2.24) is 0 Å². The van der Waals surface area contributed by atoms with Gasteiger partial charge in [0, 0.05) is 22.5 Å². The van der Waals surface area contributed by atoms with Gasteiger partial charge in [0.1, 0.15) is 22.8 Å². The van der Waals surface area contributed by atoms with Gasteiger partial charge >= 0.3 is 103 Å². The van der Waals surface area contributed by atoms with Crippen LogP contribution in [0.25, 0.3) is 0 Å². The standard InChI is InChI=1S/C15H12O7.2K.H2O4S/c16-7-4-10(19)12-11(5-7)22-15(14(21)13(12)20)6-1-2-8(17)9(18)3-6;;;1-5(2,3)4/h1-5,14-19,21H;;;(H2,1,2,3,4)/q;2*+1;/p-2/t14-,15+;;;/m0.../s1. The van der Waals surface area contributed by atoms with Gasteiger partial charge in [-0.3, -0.25) is 13.2 Å². The Morgan fingerprint density at radius 3 is 1.97 bits per heavy atom. The minimum absolute atomic E-state index is 0. The molecule has 2 atom stereocenters. The molecule has 0 radical (unpaired) electrons. The normalized spacial score (nSPS) is 17.4. The van der Waals surface area contributed by atoms with Crippen LogP contribution in [0.1, 0.15) is 22.0 Å². The molecule has 29 heavy (non-hydrogen) atoms. The zero-order valence-electron chi connectivity index (χ0n) is 15.1. The van der Waals surface area contributed by atoms with Crippen LogP contribution in [0.4, 0.5) is 0 Å². The number of phenolic OH excluding ortho intramolecular Hbond substituents is 4. The van der Waals surface area contributed by atoms with Gasteiger partial charge < -0.3 is 39.4 Å². The van der Waals surface area contributed by atoms with Gasteiger partial charge in [-0.2, -0.15) is 0 Å². The molecule has 0 saturated carbocycles. The van der Waals surface area contributed by atoms with E-state index < -0.39 is 39.9 Å². The number of benzene rings is 2. The quantitative estimate of drug-likeness (QED) is 0.113. The number of carbonyl (C=O) groups is 1. The maximum absolute atomic E-state index is 12.2. The smallest absolute Gasteiger partial charge is 0.759 e. The fourth-order valence-electron chi connectivity index (χ4n) is 2.38. The number of fused-ring (bicyclic) bond motifs is 1. The molecule has 14 heteroatoms. The number of hydrogen-bond donors (Lipinski definition) is 5. The Morgan fingerprint density at radius 2 is 1.45 bits per heavy atom. The number of ketones is 1. The molecule has 0 bridgehead atoms. The van der Waals surface area contributed by atoms with Crippen LogP contribution in [-0.2, 0) is 10.4 Å². The summed E-state index contributed by atoms with van der Waals surface area (Å²) in [5, 5.41) is 48.1. The largest absolute Gasteiger partial charge is 1.00 e. The molecule has 1 aliphatic rings. The van der Waals surface area contributed by atoms with Crippen molar-refractivity contribution in [3.8, 4) is 28.7 Å². The average molecular weight is 479 g/mol. The van der Waals surface area contributed by atoms with Gasteiger partial charge in [-0.1, -0.05) is 6.07 Å². The van der Waals surface area contributed by atoms with Crippen molar-refractivity contribution in [1.29, 1.82) is 0 Å². The summed E-state index contributed by atoms with van der Waals surface area (Å²) >= 11 is 0.